The fourth-order valence-corrected chi connectivity index (χ4v) is 1.98. The van der Waals surface area contributed by atoms with E-state index < -0.39 is 0 Å². The van der Waals surface area contributed by atoms with E-state index in [0.29, 0.717) is 13.0 Å². The molecule has 0 saturated carbocycles. The Bertz CT molecular complexity index is 485. The second-order valence-corrected chi connectivity index (χ2v) is 4.82. The van der Waals surface area contributed by atoms with Crippen molar-refractivity contribution < 1.29 is 9.90 Å². The van der Waals surface area contributed by atoms with Gasteiger partial charge in [-0.1, -0.05) is 49.8 Å². The third-order valence-electron chi connectivity index (χ3n) is 3.15. The van der Waals surface area contributed by atoms with Crippen LogP contribution in [0.1, 0.15) is 43.7 Å². The van der Waals surface area contributed by atoms with Gasteiger partial charge in [0.25, 0.3) is 0 Å². The van der Waals surface area contributed by atoms with Gasteiger partial charge in [-0.05, 0) is 18.1 Å². The fraction of sp³-hybridized carbons (Fsp3) is 0.471. The van der Waals surface area contributed by atoms with Crippen LogP contribution in [0.3, 0.4) is 0 Å². The number of benzene rings is 1. The van der Waals surface area contributed by atoms with Crippen LogP contribution in [-0.4, -0.2) is 29.6 Å². The van der Waals surface area contributed by atoms with E-state index in [0.717, 1.165) is 30.4 Å². The minimum Gasteiger partial charge on any atom is -0.384 e. The molecule has 0 aliphatic rings. The van der Waals surface area contributed by atoms with Crippen LogP contribution in [0.4, 0.5) is 0 Å². The molecule has 0 aromatic heterocycles. The van der Waals surface area contributed by atoms with E-state index in [1.807, 2.05) is 31.3 Å². The van der Waals surface area contributed by atoms with Gasteiger partial charge in [-0.2, -0.15) is 0 Å². The molecule has 0 saturated heterocycles. The lowest BCUT2D eigenvalue weighted by molar-refractivity contribution is -0.130. The van der Waals surface area contributed by atoms with Gasteiger partial charge in [-0.3, -0.25) is 4.79 Å². The topological polar surface area (TPSA) is 40.5 Å². The first-order valence-electron chi connectivity index (χ1n) is 7.10. The number of aliphatic hydroxyl groups excluding tert-OH is 1. The summed E-state index contributed by atoms with van der Waals surface area (Å²) in [6.07, 6.45) is 3.77. The van der Waals surface area contributed by atoms with Crippen molar-refractivity contribution in [3.63, 3.8) is 0 Å². The van der Waals surface area contributed by atoms with Crippen molar-refractivity contribution in [2.45, 2.75) is 39.2 Å². The van der Waals surface area contributed by atoms with Gasteiger partial charge in [0, 0.05) is 25.6 Å². The molecule has 0 unspecified atom stereocenters. The smallest absolute Gasteiger partial charge is 0.222 e. The molecule has 0 bridgehead atoms. The Morgan fingerprint density at radius 1 is 1.30 bits per heavy atom. The van der Waals surface area contributed by atoms with Crippen molar-refractivity contribution in [1.29, 1.82) is 0 Å². The number of hydrogen-bond acceptors (Lipinski definition) is 2. The molecule has 108 valence electrons. The van der Waals surface area contributed by atoms with Crippen LogP contribution in [0.5, 0.6) is 0 Å². The summed E-state index contributed by atoms with van der Waals surface area (Å²) in [6, 6.07) is 7.73. The largest absolute Gasteiger partial charge is 0.384 e. The molecule has 0 fully saturated rings. The fourth-order valence-electron chi connectivity index (χ4n) is 1.98. The highest BCUT2D eigenvalue weighted by molar-refractivity contribution is 5.75. The Kier molecular flexibility index (Phi) is 7.46. The van der Waals surface area contributed by atoms with Crippen LogP contribution in [0.2, 0.25) is 0 Å². The van der Waals surface area contributed by atoms with Crippen LogP contribution in [0.25, 0.3) is 0 Å². The standard InChI is InChI=1S/C17H23NO2/c1-3-4-5-12-17(20)18(2)14-16-10-7-6-9-15(16)11-8-13-19/h6-7,9-10,19H,3-5,12-14H2,1-2H3. The van der Waals surface area contributed by atoms with E-state index in [1.165, 1.54) is 0 Å². The number of rotatable bonds is 6. The van der Waals surface area contributed by atoms with E-state index in [2.05, 4.69) is 18.8 Å². The molecule has 0 heterocycles. The van der Waals surface area contributed by atoms with Crippen molar-refractivity contribution >= 4 is 5.91 Å². The van der Waals surface area contributed by atoms with E-state index in [4.69, 9.17) is 5.11 Å². The lowest BCUT2D eigenvalue weighted by atomic mass is 10.1. The maximum atomic E-state index is 12.0. The maximum absolute atomic E-state index is 12.0. The predicted molar refractivity (Wildman–Crippen MR) is 81.0 cm³/mol. The third kappa shape index (κ3) is 5.46. The monoisotopic (exact) mass is 273 g/mol. The van der Waals surface area contributed by atoms with Gasteiger partial charge in [0.15, 0.2) is 0 Å². The van der Waals surface area contributed by atoms with Crippen molar-refractivity contribution in [1.82, 2.24) is 4.90 Å². The number of carbonyl (C=O) groups is 1. The Morgan fingerprint density at radius 3 is 2.75 bits per heavy atom. The Hall–Kier alpha value is -1.79. The van der Waals surface area contributed by atoms with Crippen LogP contribution >= 0.6 is 0 Å². The summed E-state index contributed by atoms with van der Waals surface area (Å²) in [4.78, 5) is 13.7. The number of amides is 1. The molecular weight excluding hydrogens is 250 g/mol. The predicted octanol–water partition coefficient (Wildman–Crippen LogP) is 2.57. The van der Waals surface area contributed by atoms with Gasteiger partial charge in [0.05, 0.1) is 0 Å². The minimum atomic E-state index is -0.153. The van der Waals surface area contributed by atoms with Gasteiger partial charge < -0.3 is 10.0 Å². The molecular formula is C17H23NO2. The van der Waals surface area contributed by atoms with Crippen molar-refractivity contribution in [2.75, 3.05) is 13.7 Å². The zero-order chi connectivity index (χ0) is 14.8. The van der Waals surface area contributed by atoms with Gasteiger partial charge in [-0.15, -0.1) is 0 Å². The molecule has 0 aliphatic carbocycles. The first-order chi connectivity index (χ1) is 9.69. The number of hydrogen-bond donors (Lipinski definition) is 1. The summed E-state index contributed by atoms with van der Waals surface area (Å²) in [5.74, 6) is 5.74. The van der Waals surface area contributed by atoms with Gasteiger partial charge in [-0.25, -0.2) is 0 Å². The van der Waals surface area contributed by atoms with Crippen molar-refractivity contribution in [3.8, 4) is 11.8 Å². The molecule has 1 aromatic rings. The van der Waals surface area contributed by atoms with Crippen LogP contribution in [-0.2, 0) is 11.3 Å². The average Bonchev–Trinajstić information content (AvgIpc) is 2.46. The number of unbranched alkanes of at least 4 members (excludes halogenated alkanes) is 2. The first kappa shape index (κ1) is 16.3. The van der Waals surface area contributed by atoms with Crippen molar-refractivity contribution in [3.05, 3.63) is 35.4 Å². The second-order valence-electron chi connectivity index (χ2n) is 4.82. The zero-order valence-electron chi connectivity index (χ0n) is 12.4. The van der Waals surface area contributed by atoms with E-state index in [-0.39, 0.29) is 12.5 Å². The summed E-state index contributed by atoms with van der Waals surface area (Å²) in [6.45, 7) is 2.53. The SMILES string of the molecule is CCCCCC(=O)N(C)Cc1ccccc1C#CCO. The summed E-state index contributed by atoms with van der Waals surface area (Å²) in [7, 11) is 1.82. The normalized spacial score (nSPS) is 9.75. The highest BCUT2D eigenvalue weighted by Crippen LogP contribution is 2.11. The lowest BCUT2D eigenvalue weighted by Crippen LogP contribution is -2.26. The van der Waals surface area contributed by atoms with Crippen LogP contribution < -0.4 is 0 Å². The Labute approximate surface area is 121 Å². The number of carbonyl (C=O) groups excluding carboxylic acids is 1. The summed E-state index contributed by atoms with van der Waals surface area (Å²) in [5, 5.41) is 8.77. The zero-order valence-corrected chi connectivity index (χ0v) is 12.4. The Balaban J connectivity index is 2.65. The number of aliphatic hydroxyl groups is 1. The molecule has 0 radical (unpaired) electrons. The Morgan fingerprint density at radius 2 is 2.05 bits per heavy atom. The third-order valence-corrected chi connectivity index (χ3v) is 3.15. The van der Waals surface area contributed by atoms with Gasteiger partial charge in [0.2, 0.25) is 5.91 Å². The molecule has 20 heavy (non-hydrogen) atoms. The van der Waals surface area contributed by atoms with Crippen LogP contribution in [0.15, 0.2) is 24.3 Å². The van der Waals surface area contributed by atoms with Gasteiger partial charge in [0.1, 0.15) is 6.61 Å². The molecule has 0 aliphatic heterocycles. The van der Waals surface area contributed by atoms with Crippen molar-refractivity contribution in [2.24, 2.45) is 0 Å². The lowest BCUT2D eigenvalue weighted by Gasteiger charge is -2.18. The first-order valence-corrected chi connectivity index (χ1v) is 7.10. The number of nitrogens with zero attached hydrogens (tertiary/aromatic N) is 1. The summed E-state index contributed by atoms with van der Waals surface area (Å²) >= 11 is 0. The highest BCUT2D eigenvalue weighted by atomic mass is 16.2. The molecule has 1 amide bonds. The molecule has 0 atom stereocenters. The molecule has 0 spiro atoms. The van der Waals surface area contributed by atoms with E-state index in [1.54, 1.807) is 4.90 Å². The van der Waals surface area contributed by atoms with Crippen LogP contribution in [0, 0.1) is 11.8 Å². The molecule has 3 nitrogen and oxygen atoms in total. The second kappa shape index (κ2) is 9.17. The highest BCUT2D eigenvalue weighted by Gasteiger charge is 2.10. The summed E-state index contributed by atoms with van der Waals surface area (Å²) in [5.41, 5.74) is 1.88. The minimum absolute atomic E-state index is 0.153. The molecule has 3 heteroatoms. The molecule has 1 rings (SSSR count). The molecule has 1 N–H and O–H groups in total. The average molecular weight is 273 g/mol. The van der Waals surface area contributed by atoms with E-state index in [9.17, 15) is 4.79 Å². The maximum Gasteiger partial charge on any atom is 0.222 e. The summed E-state index contributed by atoms with van der Waals surface area (Å²) < 4.78 is 0. The molecule has 1 aromatic carbocycles. The van der Waals surface area contributed by atoms with E-state index >= 15 is 0 Å². The van der Waals surface area contributed by atoms with Gasteiger partial charge >= 0.3 is 0 Å². The quantitative estimate of drug-likeness (QED) is 0.639.